The van der Waals surface area contributed by atoms with Crippen LogP contribution >= 0.6 is 0 Å². The van der Waals surface area contributed by atoms with Crippen LogP contribution in [0.4, 0.5) is 0 Å². The fourth-order valence-electron chi connectivity index (χ4n) is 2.30. The molecule has 0 saturated heterocycles. The Balaban J connectivity index is 2.82. The SMILES string of the molecule is CC=CC=CC(O)(CC)CCc1cccc(O[Si](C)(C)C(C)(C)C)c1. The van der Waals surface area contributed by atoms with E-state index in [1.165, 1.54) is 5.56 Å². The van der Waals surface area contributed by atoms with E-state index in [0.29, 0.717) is 12.8 Å². The molecule has 0 aliphatic rings. The predicted molar refractivity (Wildman–Crippen MR) is 112 cm³/mol. The zero-order valence-corrected chi connectivity index (χ0v) is 18.1. The molecule has 3 heteroatoms. The summed E-state index contributed by atoms with van der Waals surface area (Å²) in [4.78, 5) is 0. The number of rotatable bonds is 8. The molecule has 1 aromatic rings. The van der Waals surface area contributed by atoms with Gasteiger partial charge in [0, 0.05) is 0 Å². The largest absolute Gasteiger partial charge is 0.543 e. The van der Waals surface area contributed by atoms with Crippen molar-refractivity contribution in [2.24, 2.45) is 0 Å². The minimum absolute atomic E-state index is 0.184. The number of benzene rings is 1. The maximum Gasteiger partial charge on any atom is 0.250 e. The van der Waals surface area contributed by atoms with E-state index in [0.717, 1.165) is 12.2 Å². The van der Waals surface area contributed by atoms with Crippen molar-refractivity contribution >= 4 is 8.32 Å². The van der Waals surface area contributed by atoms with Crippen molar-refractivity contribution < 1.29 is 9.53 Å². The van der Waals surface area contributed by atoms with Crippen LogP contribution in [0.25, 0.3) is 0 Å². The van der Waals surface area contributed by atoms with Gasteiger partial charge in [0.1, 0.15) is 5.75 Å². The summed E-state index contributed by atoms with van der Waals surface area (Å²) in [5.74, 6) is 0.952. The maximum absolute atomic E-state index is 10.7. The molecule has 0 aliphatic heterocycles. The zero-order valence-electron chi connectivity index (χ0n) is 17.1. The molecule has 25 heavy (non-hydrogen) atoms. The van der Waals surface area contributed by atoms with Crippen LogP contribution in [0, 0.1) is 0 Å². The molecule has 0 spiro atoms. The molecular formula is C22H36O2Si. The van der Waals surface area contributed by atoms with Gasteiger partial charge in [0.15, 0.2) is 0 Å². The van der Waals surface area contributed by atoms with Crippen LogP contribution in [0.15, 0.2) is 48.6 Å². The van der Waals surface area contributed by atoms with Gasteiger partial charge in [-0.3, -0.25) is 0 Å². The number of hydrogen-bond acceptors (Lipinski definition) is 2. The summed E-state index contributed by atoms with van der Waals surface area (Å²) in [6.07, 6.45) is 10.0. The topological polar surface area (TPSA) is 29.5 Å². The van der Waals surface area contributed by atoms with Gasteiger partial charge in [-0.25, -0.2) is 0 Å². The van der Waals surface area contributed by atoms with Crippen LogP contribution in [0.3, 0.4) is 0 Å². The Labute approximate surface area is 155 Å². The van der Waals surface area contributed by atoms with E-state index in [4.69, 9.17) is 4.43 Å². The van der Waals surface area contributed by atoms with E-state index < -0.39 is 13.9 Å². The summed E-state index contributed by atoms with van der Waals surface area (Å²) < 4.78 is 6.40. The summed E-state index contributed by atoms with van der Waals surface area (Å²) >= 11 is 0. The fourth-order valence-corrected chi connectivity index (χ4v) is 3.32. The van der Waals surface area contributed by atoms with Gasteiger partial charge < -0.3 is 9.53 Å². The summed E-state index contributed by atoms with van der Waals surface area (Å²) in [6, 6.07) is 8.34. The molecule has 0 aromatic heterocycles. The van der Waals surface area contributed by atoms with E-state index in [2.05, 4.69) is 52.1 Å². The van der Waals surface area contributed by atoms with Crippen molar-refractivity contribution in [2.45, 2.75) is 77.6 Å². The average Bonchev–Trinajstić information content (AvgIpc) is 2.52. The van der Waals surface area contributed by atoms with Crippen LogP contribution in [0.5, 0.6) is 5.75 Å². The molecule has 0 saturated carbocycles. The number of aryl methyl sites for hydroxylation is 1. The summed E-state index contributed by atoms with van der Waals surface area (Å²) in [5.41, 5.74) is 0.457. The average molecular weight is 361 g/mol. The molecule has 140 valence electrons. The third-order valence-corrected chi connectivity index (χ3v) is 9.60. The summed E-state index contributed by atoms with van der Waals surface area (Å²) in [5, 5.41) is 10.9. The molecule has 0 aliphatic carbocycles. The number of allylic oxidation sites excluding steroid dienone is 3. The van der Waals surface area contributed by atoms with Gasteiger partial charge in [-0.2, -0.15) is 0 Å². The van der Waals surface area contributed by atoms with Gasteiger partial charge in [-0.05, 0) is 62.0 Å². The fraction of sp³-hybridized carbons (Fsp3) is 0.545. The molecule has 1 rings (SSSR count). The molecule has 0 radical (unpaired) electrons. The Morgan fingerprint density at radius 2 is 1.84 bits per heavy atom. The highest BCUT2D eigenvalue weighted by Gasteiger charge is 2.38. The lowest BCUT2D eigenvalue weighted by atomic mass is 9.92. The van der Waals surface area contributed by atoms with Gasteiger partial charge in [0.25, 0.3) is 0 Å². The standard InChI is InChI=1S/C22H36O2Si/c1-8-10-11-16-22(23,9-2)17-15-19-13-12-14-20(18-19)24-25(6,7)21(3,4)5/h8,10-14,16,18,23H,9,15,17H2,1-7H3. The Morgan fingerprint density at radius 1 is 1.16 bits per heavy atom. The number of hydrogen-bond donors (Lipinski definition) is 1. The van der Waals surface area contributed by atoms with Gasteiger partial charge in [-0.1, -0.05) is 64.1 Å². The quantitative estimate of drug-likeness (QED) is 0.437. The smallest absolute Gasteiger partial charge is 0.250 e. The minimum Gasteiger partial charge on any atom is -0.543 e. The second-order valence-corrected chi connectivity index (χ2v) is 13.1. The van der Waals surface area contributed by atoms with Crippen molar-refractivity contribution in [1.29, 1.82) is 0 Å². The van der Waals surface area contributed by atoms with Crippen LogP contribution in [-0.2, 0) is 6.42 Å². The van der Waals surface area contributed by atoms with Crippen LogP contribution in [0.2, 0.25) is 18.1 Å². The van der Waals surface area contributed by atoms with Gasteiger partial charge in [0.2, 0.25) is 8.32 Å². The highest BCUT2D eigenvalue weighted by Crippen LogP contribution is 2.37. The second-order valence-electron chi connectivity index (χ2n) is 8.35. The van der Waals surface area contributed by atoms with Crippen LogP contribution in [0.1, 0.15) is 53.0 Å². The first-order chi connectivity index (χ1) is 11.5. The van der Waals surface area contributed by atoms with Crippen molar-refractivity contribution in [3.63, 3.8) is 0 Å². The van der Waals surface area contributed by atoms with Crippen LogP contribution < -0.4 is 4.43 Å². The zero-order chi connectivity index (χ0) is 19.1. The number of aliphatic hydroxyl groups is 1. The van der Waals surface area contributed by atoms with E-state index in [9.17, 15) is 5.11 Å². The Hall–Kier alpha value is -1.32. The van der Waals surface area contributed by atoms with Gasteiger partial charge in [0.05, 0.1) is 5.60 Å². The Bertz CT molecular complexity index is 596. The molecule has 1 atom stereocenters. The van der Waals surface area contributed by atoms with Crippen molar-refractivity contribution in [3.05, 3.63) is 54.1 Å². The normalized spacial score (nSPS) is 15.7. The second kappa shape index (κ2) is 8.86. The summed E-state index contributed by atoms with van der Waals surface area (Å²) in [7, 11) is -1.83. The first kappa shape index (κ1) is 21.7. The maximum atomic E-state index is 10.7. The molecule has 0 fully saturated rings. The van der Waals surface area contributed by atoms with E-state index >= 15 is 0 Å². The lowest BCUT2D eigenvalue weighted by molar-refractivity contribution is 0.0777. The summed E-state index contributed by atoms with van der Waals surface area (Å²) in [6.45, 7) is 15.3. The molecule has 2 nitrogen and oxygen atoms in total. The predicted octanol–water partition coefficient (Wildman–Crippen LogP) is 6.28. The Kier molecular flexibility index (Phi) is 7.70. The molecule has 0 bridgehead atoms. The molecule has 0 amide bonds. The van der Waals surface area contributed by atoms with E-state index in [1.54, 1.807) is 0 Å². The highest BCUT2D eigenvalue weighted by atomic mass is 28.4. The third kappa shape index (κ3) is 6.83. The van der Waals surface area contributed by atoms with Gasteiger partial charge in [-0.15, -0.1) is 0 Å². The van der Waals surface area contributed by atoms with Crippen molar-refractivity contribution in [1.82, 2.24) is 0 Å². The monoisotopic (exact) mass is 360 g/mol. The molecule has 1 unspecified atom stereocenters. The lowest BCUT2D eigenvalue weighted by Crippen LogP contribution is -2.43. The third-order valence-electron chi connectivity index (χ3n) is 5.25. The van der Waals surface area contributed by atoms with Crippen molar-refractivity contribution in [3.8, 4) is 5.75 Å². The van der Waals surface area contributed by atoms with Crippen molar-refractivity contribution in [2.75, 3.05) is 0 Å². The minimum atomic E-state index is -1.83. The first-order valence-electron chi connectivity index (χ1n) is 9.34. The van der Waals surface area contributed by atoms with E-state index in [1.807, 2.05) is 44.2 Å². The van der Waals surface area contributed by atoms with Crippen LogP contribution in [-0.4, -0.2) is 19.0 Å². The molecule has 1 N–H and O–H groups in total. The Morgan fingerprint density at radius 3 is 2.40 bits per heavy atom. The van der Waals surface area contributed by atoms with E-state index in [-0.39, 0.29) is 5.04 Å². The lowest BCUT2D eigenvalue weighted by Gasteiger charge is -2.36. The molecule has 1 aromatic carbocycles. The highest BCUT2D eigenvalue weighted by molar-refractivity contribution is 6.74. The molecular weight excluding hydrogens is 324 g/mol. The first-order valence-corrected chi connectivity index (χ1v) is 12.2. The van der Waals surface area contributed by atoms with Gasteiger partial charge >= 0.3 is 0 Å². The molecule has 0 heterocycles.